The van der Waals surface area contributed by atoms with Crippen LogP contribution in [0.25, 0.3) is 0 Å². The van der Waals surface area contributed by atoms with Crippen LogP contribution < -0.4 is 40.4 Å². The Balaban J connectivity index is 0.00000220. The van der Waals surface area contributed by atoms with Crippen molar-refractivity contribution < 1.29 is 56.8 Å². The van der Waals surface area contributed by atoms with Crippen LogP contribution in [0.5, 0.6) is 0 Å². The predicted octanol–water partition coefficient (Wildman–Crippen LogP) is -3.03. The molecule has 2 atom stereocenters. The summed E-state index contributed by atoms with van der Waals surface area (Å²) in [5.74, 6) is -0.841. The summed E-state index contributed by atoms with van der Waals surface area (Å²) in [7, 11) is -3.78. The van der Waals surface area contributed by atoms with Crippen LogP contribution in [-0.2, 0) is 24.0 Å². The molecule has 1 aromatic carbocycles. The summed E-state index contributed by atoms with van der Waals surface area (Å²) in [4.78, 5) is 0. The zero-order chi connectivity index (χ0) is 15.0. The maximum Gasteiger partial charge on any atom is 1.00 e. The number of benzene rings is 1. The smallest absolute Gasteiger partial charge is 0.398 e. The predicted molar refractivity (Wildman–Crippen MR) is 71.4 cm³/mol. The fourth-order valence-electron chi connectivity index (χ4n) is 2.16. The Kier molecular flexibility index (Phi) is 6.22. The number of anilines is 1. The van der Waals surface area contributed by atoms with Gasteiger partial charge in [0.05, 0.1) is 0 Å². The zero-order valence-corrected chi connectivity index (χ0v) is 15.2. The Labute approximate surface area is 146 Å². The molecule has 0 amide bonds. The topological polar surface area (TPSA) is 115 Å². The van der Waals surface area contributed by atoms with Gasteiger partial charge in [0.1, 0.15) is 18.8 Å². The summed E-state index contributed by atoms with van der Waals surface area (Å²) < 4.78 is 38.2. The van der Waals surface area contributed by atoms with Gasteiger partial charge in [-0.15, -0.1) is 8.42 Å². The van der Waals surface area contributed by atoms with Crippen molar-refractivity contribution in [1.29, 1.82) is 0 Å². The molecule has 9 heteroatoms. The van der Waals surface area contributed by atoms with Gasteiger partial charge in [-0.3, -0.25) is 0 Å². The molecular formula is C12H19N2NaO5S+2. The second kappa shape index (κ2) is 6.93. The third-order valence-electron chi connectivity index (χ3n) is 2.90. The minimum absolute atomic E-state index is 0. The Morgan fingerprint density at radius 3 is 2.52 bits per heavy atom. The zero-order valence-electron chi connectivity index (χ0n) is 12.4. The molecule has 1 heterocycles. The Morgan fingerprint density at radius 1 is 1.33 bits per heavy atom. The van der Waals surface area contributed by atoms with E-state index in [0.29, 0.717) is 5.69 Å². The van der Waals surface area contributed by atoms with Crippen molar-refractivity contribution in [2.75, 3.05) is 12.3 Å². The SMILES string of the molecule is CC1(C)O[C@@H](COS([NH3+])(=O)=O)[C@H](c2ccccc2N)O1.[Na+]. The van der Waals surface area contributed by atoms with Crippen molar-refractivity contribution in [3.05, 3.63) is 29.8 Å². The molecule has 0 spiro atoms. The molecular weight excluding hydrogens is 307 g/mol. The molecule has 0 aliphatic carbocycles. The van der Waals surface area contributed by atoms with E-state index in [4.69, 9.17) is 19.4 Å². The van der Waals surface area contributed by atoms with E-state index in [2.05, 4.69) is 5.14 Å². The van der Waals surface area contributed by atoms with Crippen LogP contribution in [0.1, 0.15) is 25.5 Å². The number of quaternary nitrogens is 1. The first kappa shape index (κ1) is 18.9. The van der Waals surface area contributed by atoms with Crippen molar-refractivity contribution in [2.24, 2.45) is 0 Å². The number of rotatable bonds is 4. The first-order valence-electron chi connectivity index (χ1n) is 6.10. The van der Waals surface area contributed by atoms with Crippen molar-refractivity contribution >= 4 is 16.0 Å². The van der Waals surface area contributed by atoms with Crippen LogP contribution in [0, 0.1) is 0 Å². The van der Waals surface area contributed by atoms with E-state index in [-0.39, 0.29) is 36.2 Å². The van der Waals surface area contributed by atoms with Crippen molar-refractivity contribution in [3.8, 4) is 0 Å². The van der Waals surface area contributed by atoms with Gasteiger partial charge in [-0.05, 0) is 19.9 Å². The quantitative estimate of drug-likeness (QED) is 0.449. The van der Waals surface area contributed by atoms with Crippen LogP contribution in [0.3, 0.4) is 0 Å². The van der Waals surface area contributed by atoms with Crippen LogP contribution in [0.4, 0.5) is 5.69 Å². The maximum absolute atomic E-state index is 11.0. The summed E-state index contributed by atoms with van der Waals surface area (Å²) in [6.07, 6.45) is -1.07. The fourth-order valence-corrected chi connectivity index (χ4v) is 2.50. The number of hydrogen-bond acceptors (Lipinski definition) is 6. The molecule has 21 heavy (non-hydrogen) atoms. The first-order chi connectivity index (χ1) is 9.18. The van der Waals surface area contributed by atoms with Gasteiger partial charge in [0.25, 0.3) is 0 Å². The van der Waals surface area contributed by atoms with E-state index in [1.807, 2.05) is 18.2 Å². The summed E-state index contributed by atoms with van der Waals surface area (Å²) in [6.45, 7) is 3.32. The average Bonchev–Trinajstić information content (AvgIpc) is 2.62. The molecule has 1 fully saturated rings. The second-order valence-electron chi connectivity index (χ2n) is 5.07. The molecule has 7 nitrogen and oxygen atoms in total. The second-order valence-corrected chi connectivity index (χ2v) is 6.42. The Morgan fingerprint density at radius 2 is 1.95 bits per heavy atom. The van der Waals surface area contributed by atoms with Crippen molar-refractivity contribution in [2.45, 2.75) is 31.8 Å². The first-order valence-corrected chi connectivity index (χ1v) is 7.68. The molecule has 112 valence electrons. The molecule has 0 aromatic heterocycles. The van der Waals surface area contributed by atoms with E-state index in [9.17, 15) is 8.42 Å². The molecule has 0 radical (unpaired) electrons. The summed E-state index contributed by atoms with van der Waals surface area (Å²) in [6, 6.07) is 7.21. The van der Waals surface area contributed by atoms with Gasteiger partial charge in [0.15, 0.2) is 5.79 Å². The number of nitrogen functional groups attached to an aromatic ring is 1. The van der Waals surface area contributed by atoms with E-state index in [1.165, 1.54) is 0 Å². The fraction of sp³-hybridized carbons (Fsp3) is 0.500. The molecule has 1 aliphatic heterocycles. The molecule has 0 bridgehead atoms. The minimum atomic E-state index is -3.78. The molecule has 0 unspecified atom stereocenters. The third-order valence-corrected chi connectivity index (χ3v) is 3.39. The number of para-hydroxylation sites is 1. The maximum atomic E-state index is 11.0. The number of hydrogen-bond donors (Lipinski definition) is 2. The van der Waals surface area contributed by atoms with Gasteiger partial charge >= 0.3 is 39.9 Å². The number of nitrogens with two attached hydrogens (primary N) is 1. The molecule has 0 saturated carbocycles. The monoisotopic (exact) mass is 326 g/mol. The standard InChI is InChI=1S/C12H18N2O5S.Na/c1-12(2)18-10(7-17-20(14,15)16)11(19-12)8-5-3-4-6-9(8)13;/h3-6,10-11H,7,13H2,1-2H3,(H2,14,15,16);/q;+1/p+1/t10-,11-;/m0./s1. The molecule has 1 aromatic rings. The van der Waals surface area contributed by atoms with Gasteiger partial charge in [-0.1, -0.05) is 18.2 Å². The van der Waals surface area contributed by atoms with Crippen molar-refractivity contribution in [1.82, 2.24) is 0 Å². The van der Waals surface area contributed by atoms with Gasteiger partial charge in [-0.2, -0.15) is 0 Å². The third kappa shape index (κ3) is 5.19. The van der Waals surface area contributed by atoms with Crippen LogP contribution in [0.15, 0.2) is 24.3 Å². The molecule has 5 N–H and O–H groups in total. The van der Waals surface area contributed by atoms with Gasteiger partial charge in [0, 0.05) is 11.3 Å². The van der Waals surface area contributed by atoms with Gasteiger partial charge in [-0.25, -0.2) is 9.32 Å². The summed E-state index contributed by atoms with van der Waals surface area (Å²) in [5.41, 5.74) is 7.23. The van der Waals surface area contributed by atoms with Crippen LogP contribution in [-0.4, -0.2) is 26.9 Å². The Hall–Kier alpha value is -0.190. The molecule has 1 saturated heterocycles. The van der Waals surface area contributed by atoms with Crippen molar-refractivity contribution in [3.63, 3.8) is 0 Å². The Bertz CT molecular complexity index is 593. The van der Waals surface area contributed by atoms with Crippen LogP contribution >= 0.6 is 0 Å². The molecule has 2 rings (SSSR count). The van der Waals surface area contributed by atoms with E-state index in [1.54, 1.807) is 19.9 Å². The largest absolute Gasteiger partial charge is 1.00 e. The summed E-state index contributed by atoms with van der Waals surface area (Å²) in [5, 5.41) is 2.91. The van der Waals surface area contributed by atoms with Crippen LogP contribution in [0.2, 0.25) is 0 Å². The number of ether oxygens (including phenoxy) is 2. The van der Waals surface area contributed by atoms with E-state index < -0.39 is 28.3 Å². The summed E-state index contributed by atoms with van der Waals surface area (Å²) >= 11 is 0. The van der Waals surface area contributed by atoms with Gasteiger partial charge in [0.2, 0.25) is 0 Å². The normalized spacial score (nSPS) is 24.5. The average molecular weight is 326 g/mol. The van der Waals surface area contributed by atoms with Gasteiger partial charge < -0.3 is 15.2 Å². The van der Waals surface area contributed by atoms with E-state index >= 15 is 0 Å². The van der Waals surface area contributed by atoms with E-state index in [0.717, 1.165) is 5.56 Å². The minimum Gasteiger partial charge on any atom is -0.398 e. The molecule has 1 aliphatic rings.